The molecule has 0 spiro atoms. The average molecular weight is 544 g/mol. The lowest BCUT2D eigenvalue weighted by molar-refractivity contribution is 0.0742. The molecule has 1 aliphatic rings. The second kappa shape index (κ2) is 8.47. The van der Waals surface area contributed by atoms with Gasteiger partial charge in [-0.15, -0.1) is 0 Å². The van der Waals surface area contributed by atoms with Crippen molar-refractivity contribution in [2.45, 2.75) is 0 Å². The summed E-state index contributed by atoms with van der Waals surface area (Å²) in [7, 11) is 1.41. The molecule has 0 aromatic heterocycles. The largest absolute Gasteiger partial charge is 0.495 e. The Bertz CT molecular complexity index is 952. The minimum absolute atomic E-state index is 0.0195. The topological polar surface area (TPSA) is 32.8 Å². The van der Waals surface area contributed by atoms with E-state index in [1.165, 1.54) is 12.0 Å². The fourth-order valence-electron chi connectivity index (χ4n) is 3.10. The molecule has 3 rings (SSSR count). The lowest BCUT2D eigenvalue weighted by Crippen LogP contribution is -2.49. The van der Waals surface area contributed by atoms with E-state index in [1.807, 2.05) is 0 Å². The summed E-state index contributed by atoms with van der Waals surface area (Å²) in [5, 5.41) is 0. The van der Waals surface area contributed by atoms with Crippen molar-refractivity contribution in [2.24, 2.45) is 0 Å². The molecule has 0 saturated carbocycles. The van der Waals surface area contributed by atoms with E-state index >= 15 is 0 Å². The van der Waals surface area contributed by atoms with Gasteiger partial charge in [-0.3, -0.25) is 4.79 Å². The first kappa shape index (κ1) is 21.8. The third-order valence-corrected chi connectivity index (χ3v) is 5.56. The van der Waals surface area contributed by atoms with Crippen LogP contribution in [0.4, 0.5) is 27.6 Å². The van der Waals surface area contributed by atoms with Gasteiger partial charge in [-0.2, -0.15) is 0 Å². The van der Waals surface area contributed by atoms with Gasteiger partial charge in [-0.1, -0.05) is 15.9 Å². The number of carbonyl (C=O) groups is 1. The summed E-state index contributed by atoms with van der Waals surface area (Å²) in [6.45, 7) is -0.180. The highest BCUT2D eigenvalue weighted by Crippen LogP contribution is 2.34. The van der Waals surface area contributed by atoms with Gasteiger partial charge in [0.25, 0.3) is 5.91 Å². The number of hydrogen-bond acceptors (Lipinski definition) is 3. The summed E-state index contributed by atoms with van der Waals surface area (Å²) >= 11 is 6.60. The van der Waals surface area contributed by atoms with Crippen LogP contribution >= 0.6 is 31.9 Å². The Balaban J connectivity index is 1.83. The minimum atomic E-state index is -2.20. The van der Waals surface area contributed by atoms with E-state index in [4.69, 9.17) is 4.74 Å². The number of carbonyl (C=O) groups excluding carboxylic acids is 1. The first-order chi connectivity index (χ1) is 13.7. The summed E-state index contributed by atoms with van der Waals surface area (Å²) in [5.74, 6) is -10.1. The van der Waals surface area contributed by atoms with Crippen LogP contribution in [0.25, 0.3) is 0 Å². The summed E-state index contributed by atoms with van der Waals surface area (Å²) in [6.07, 6.45) is 0. The second-order valence-corrected chi connectivity index (χ2v) is 7.94. The van der Waals surface area contributed by atoms with Crippen molar-refractivity contribution in [1.29, 1.82) is 0 Å². The molecule has 11 heteroatoms. The van der Waals surface area contributed by atoms with Gasteiger partial charge in [0.1, 0.15) is 11.4 Å². The molecule has 0 N–H and O–H groups in total. The molecule has 1 heterocycles. The van der Waals surface area contributed by atoms with Crippen molar-refractivity contribution in [2.75, 3.05) is 38.2 Å². The number of hydrogen-bond donors (Lipinski definition) is 0. The molecule has 0 aliphatic carbocycles. The Morgan fingerprint density at radius 3 is 1.93 bits per heavy atom. The Morgan fingerprint density at radius 2 is 1.41 bits per heavy atom. The molecule has 1 fully saturated rings. The van der Waals surface area contributed by atoms with Gasteiger partial charge in [-0.25, -0.2) is 22.0 Å². The van der Waals surface area contributed by atoms with Crippen LogP contribution in [0, 0.1) is 29.1 Å². The van der Waals surface area contributed by atoms with Gasteiger partial charge in [0.15, 0.2) is 23.3 Å². The van der Waals surface area contributed by atoms with Crippen LogP contribution in [0.3, 0.4) is 0 Å². The molecule has 1 aliphatic heterocycles. The predicted octanol–water partition coefficient (Wildman–Crippen LogP) is 4.88. The van der Waals surface area contributed by atoms with Gasteiger partial charge >= 0.3 is 0 Å². The smallest absolute Gasteiger partial charge is 0.257 e. The van der Waals surface area contributed by atoms with Crippen molar-refractivity contribution in [3.05, 3.63) is 55.7 Å². The second-order valence-electron chi connectivity index (χ2n) is 6.17. The van der Waals surface area contributed by atoms with Crippen molar-refractivity contribution < 1.29 is 31.5 Å². The van der Waals surface area contributed by atoms with Crippen LogP contribution < -0.4 is 9.64 Å². The zero-order chi connectivity index (χ0) is 21.5. The number of benzene rings is 2. The maximum Gasteiger partial charge on any atom is 0.257 e. The fraction of sp³-hybridized carbons (Fsp3) is 0.278. The molecule has 4 nitrogen and oxygen atoms in total. The average Bonchev–Trinajstić information content (AvgIpc) is 2.70. The lowest BCUT2D eigenvalue weighted by atomic mass is 10.1. The summed E-state index contributed by atoms with van der Waals surface area (Å²) in [4.78, 5) is 15.3. The first-order valence-electron chi connectivity index (χ1n) is 8.26. The highest BCUT2D eigenvalue weighted by molar-refractivity contribution is 9.11. The van der Waals surface area contributed by atoms with E-state index in [1.54, 1.807) is 12.1 Å². The first-order valence-corrected chi connectivity index (χ1v) is 9.84. The third kappa shape index (κ3) is 3.94. The monoisotopic (exact) mass is 542 g/mol. The van der Waals surface area contributed by atoms with Crippen LogP contribution in [0.1, 0.15) is 10.4 Å². The van der Waals surface area contributed by atoms with Crippen molar-refractivity contribution in [1.82, 2.24) is 4.90 Å². The Hall–Kier alpha value is -1.88. The van der Waals surface area contributed by atoms with Crippen molar-refractivity contribution in [3.8, 4) is 5.75 Å². The van der Waals surface area contributed by atoms with Gasteiger partial charge < -0.3 is 14.5 Å². The number of methoxy groups -OCH3 is 1. The van der Waals surface area contributed by atoms with Crippen LogP contribution in [0.15, 0.2) is 21.1 Å². The van der Waals surface area contributed by atoms with E-state index < -0.39 is 34.8 Å². The highest BCUT2D eigenvalue weighted by Gasteiger charge is 2.32. The SMILES string of the molecule is COc1c(Br)cc(Br)cc1C(=O)N1CCN(c2c(F)c(F)c(F)c(F)c2F)CC1. The molecule has 1 amide bonds. The molecule has 0 atom stereocenters. The Labute approximate surface area is 179 Å². The van der Waals surface area contributed by atoms with E-state index in [-0.39, 0.29) is 37.6 Å². The highest BCUT2D eigenvalue weighted by atomic mass is 79.9. The van der Waals surface area contributed by atoms with Crippen LogP contribution in [-0.2, 0) is 0 Å². The van der Waals surface area contributed by atoms with Gasteiger partial charge in [0.05, 0.1) is 17.1 Å². The number of piperazine rings is 1. The maximum atomic E-state index is 14.0. The van der Waals surface area contributed by atoms with Crippen LogP contribution in [0.2, 0.25) is 0 Å². The van der Waals surface area contributed by atoms with Crippen molar-refractivity contribution >= 4 is 43.5 Å². The van der Waals surface area contributed by atoms with Crippen LogP contribution in [0.5, 0.6) is 5.75 Å². The predicted molar refractivity (Wildman–Crippen MR) is 103 cm³/mol. The molecule has 156 valence electrons. The minimum Gasteiger partial charge on any atom is -0.495 e. The number of halogens is 7. The Morgan fingerprint density at radius 1 is 0.897 bits per heavy atom. The zero-order valence-corrected chi connectivity index (χ0v) is 18.0. The Kier molecular flexibility index (Phi) is 6.37. The standard InChI is InChI=1S/C18H13Br2F5N2O2/c1-29-17-9(6-8(19)7-10(17)20)18(28)27-4-2-26(3-5-27)16-14(24)12(22)11(21)13(23)15(16)25/h6-7H,2-5H2,1H3. The number of nitrogens with zero attached hydrogens (tertiary/aromatic N) is 2. The lowest BCUT2D eigenvalue weighted by Gasteiger charge is -2.36. The molecule has 1 saturated heterocycles. The normalized spacial score (nSPS) is 14.3. The number of amides is 1. The third-order valence-electron chi connectivity index (χ3n) is 4.51. The van der Waals surface area contributed by atoms with Crippen molar-refractivity contribution in [3.63, 3.8) is 0 Å². The summed E-state index contributed by atoms with van der Waals surface area (Å²) < 4.78 is 74.7. The zero-order valence-electron chi connectivity index (χ0n) is 14.8. The number of rotatable bonds is 3. The van der Waals surface area contributed by atoms with E-state index in [0.29, 0.717) is 14.7 Å². The fourth-order valence-corrected chi connectivity index (χ4v) is 4.49. The number of ether oxygens (including phenoxy) is 1. The quantitative estimate of drug-likeness (QED) is 0.314. The number of anilines is 1. The van der Waals surface area contributed by atoms with Gasteiger partial charge in [-0.05, 0) is 28.1 Å². The summed E-state index contributed by atoms with van der Waals surface area (Å²) in [5.41, 5.74) is -0.727. The molecule has 2 aromatic carbocycles. The van der Waals surface area contributed by atoms with E-state index in [0.717, 1.165) is 4.90 Å². The maximum absolute atomic E-state index is 14.0. The summed E-state index contributed by atoms with van der Waals surface area (Å²) in [6, 6.07) is 3.28. The van der Waals surface area contributed by atoms with E-state index in [9.17, 15) is 26.7 Å². The molecule has 29 heavy (non-hydrogen) atoms. The van der Waals surface area contributed by atoms with Crippen LogP contribution in [-0.4, -0.2) is 44.1 Å². The molecule has 0 bridgehead atoms. The van der Waals surface area contributed by atoms with Gasteiger partial charge in [0.2, 0.25) is 5.82 Å². The van der Waals surface area contributed by atoms with E-state index in [2.05, 4.69) is 31.9 Å². The van der Waals surface area contributed by atoms with Gasteiger partial charge in [0, 0.05) is 30.7 Å². The molecular formula is C18H13Br2F5N2O2. The molecule has 0 radical (unpaired) electrons. The molecule has 0 unspecified atom stereocenters. The molecule has 2 aromatic rings. The molecular weight excluding hydrogens is 531 g/mol.